The smallest absolute Gasteiger partial charge is 0.223 e. The van der Waals surface area contributed by atoms with Crippen molar-refractivity contribution in [3.8, 4) is 0 Å². The van der Waals surface area contributed by atoms with Gasteiger partial charge in [-0.1, -0.05) is 19.3 Å². The fourth-order valence-corrected chi connectivity index (χ4v) is 2.55. The number of primary amides is 1. The molecule has 1 saturated carbocycles. The summed E-state index contributed by atoms with van der Waals surface area (Å²) in [7, 11) is 0. The molecule has 0 bridgehead atoms. The molecule has 1 amide bonds. The van der Waals surface area contributed by atoms with Gasteiger partial charge < -0.3 is 5.73 Å². The third kappa shape index (κ3) is 2.21. The molecular weight excluding hydrogens is 202 g/mol. The maximum atomic E-state index is 11.7. The molecule has 16 heavy (non-hydrogen) atoms. The third-order valence-electron chi connectivity index (χ3n) is 3.49. The van der Waals surface area contributed by atoms with Crippen molar-refractivity contribution >= 4 is 5.91 Å². The molecule has 4 nitrogen and oxygen atoms in total. The van der Waals surface area contributed by atoms with Gasteiger partial charge in [-0.2, -0.15) is 0 Å². The number of carbonyl (C=O) groups is 1. The van der Waals surface area contributed by atoms with Crippen molar-refractivity contribution in [3.63, 3.8) is 0 Å². The molecule has 1 aromatic rings. The largest absolute Gasteiger partial charge is 0.369 e. The molecule has 0 saturated heterocycles. The summed E-state index contributed by atoms with van der Waals surface area (Å²) in [6.07, 6.45) is 10.9. The van der Waals surface area contributed by atoms with E-state index in [1.807, 2.05) is 0 Å². The van der Waals surface area contributed by atoms with Gasteiger partial charge in [0.25, 0.3) is 0 Å². The molecule has 0 aromatic carbocycles. The van der Waals surface area contributed by atoms with E-state index in [0.29, 0.717) is 6.42 Å². The van der Waals surface area contributed by atoms with Crippen molar-refractivity contribution in [1.29, 1.82) is 0 Å². The van der Waals surface area contributed by atoms with Crippen LogP contribution in [0.15, 0.2) is 18.7 Å². The van der Waals surface area contributed by atoms with Crippen molar-refractivity contribution in [2.75, 3.05) is 0 Å². The van der Waals surface area contributed by atoms with E-state index in [9.17, 15) is 4.79 Å². The molecule has 1 aliphatic carbocycles. The summed E-state index contributed by atoms with van der Waals surface area (Å²) in [6, 6.07) is 0. The fourth-order valence-electron chi connectivity index (χ4n) is 2.55. The Morgan fingerprint density at radius 2 is 1.88 bits per heavy atom. The number of hydrogen-bond acceptors (Lipinski definition) is 3. The minimum absolute atomic E-state index is 0.170. The standard InChI is InChI=1S/C12H17N3O/c13-11(16)12(4-2-1-3-5-12)6-10-7-14-9-15-8-10/h7-9H,1-6H2,(H2,13,16). The lowest BCUT2D eigenvalue weighted by Crippen LogP contribution is -2.40. The highest BCUT2D eigenvalue weighted by atomic mass is 16.1. The van der Waals surface area contributed by atoms with Crippen LogP contribution in [0.1, 0.15) is 37.7 Å². The van der Waals surface area contributed by atoms with E-state index >= 15 is 0 Å². The maximum absolute atomic E-state index is 11.7. The molecule has 0 unspecified atom stereocenters. The Morgan fingerprint density at radius 3 is 2.44 bits per heavy atom. The predicted octanol–water partition coefficient (Wildman–Crippen LogP) is 1.45. The Kier molecular flexibility index (Phi) is 3.17. The van der Waals surface area contributed by atoms with E-state index in [1.165, 1.54) is 12.7 Å². The van der Waals surface area contributed by atoms with E-state index in [2.05, 4.69) is 9.97 Å². The first-order chi connectivity index (χ1) is 7.73. The topological polar surface area (TPSA) is 68.9 Å². The summed E-state index contributed by atoms with van der Waals surface area (Å²) in [5.74, 6) is -0.170. The van der Waals surface area contributed by atoms with Gasteiger partial charge in [0.2, 0.25) is 5.91 Å². The summed E-state index contributed by atoms with van der Waals surface area (Å²) >= 11 is 0. The van der Waals surface area contributed by atoms with Crippen molar-refractivity contribution < 1.29 is 4.79 Å². The Morgan fingerprint density at radius 1 is 1.25 bits per heavy atom. The second-order valence-electron chi connectivity index (χ2n) is 4.63. The van der Waals surface area contributed by atoms with E-state index in [1.54, 1.807) is 12.4 Å². The summed E-state index contributed by atoms with van der Waals surface area (Å²) in [5.41, 5.74) is 6.22. The van der Waals surface area contributed by atoms with Crippen LogP contribution in [0, 0.1) is 5.41 Å². The van der Waals surface area contributed by atoms with Crippen LogP contribution in [0.5, 0.6) is 0 Å². The van der Waals surface area contributed by atoms with Gasteiger partial charge in [-0.25, -0.2) is 9.97 Å². The Balaban J connectivity index is 2.17. The minimum Gasteiger partial charge on any atom is -0.369 e. The number of amides is 1. The Bertz CT molecular complexity index is 358. The summed E-state index contributed by atoms with van der Waals surface area (Å²) in [6.45, 7) is 0. The van der Waals surface area contributed by atoms with Crippen molar-refractivity contribution in [3.05, 3.63) is 24.3 Å². The average molecular weight is 219 g/mol. The van der Waals surface area contributed by atoms with Gasteiger partial charge in [0.15, 0.2) is 0 Å². The van der Waals surface area contributed by atoms with Crippen molar-refractivity contribution in [2.24, 2.45) is 11.1 Å². The van der Waals surface area contributed by atoms with Gasteiger partial charge in [0, 0.05) is 12.4 Å². The van der Waals surface area contributed by atoms with E-state index in [-0.39, 0.29) is 11.3 Å². The monoisotopic (exact) mass is 219 g/mol. The zero-order valence-corrected chi connectivity index (χ0v) is 9.35. The average Bonchev–Trinajstić information content (AvgIpc) is 2.31. The van der Waals surface area contributed by atoms with Crippen LogP contribution >= 0.6 is 0 Å². The minimum atomic E-state index is -0.358. The normalized spacial score (nSPS) is 19.2. The van der Waals surface area contributed by atoms with Gasteiger partial charge in [0.1, 0.15) is 6.33 Å². The van der Waals surface area contributed by atoms with Crippen LogP contribution in [0.2, 0.25) is 0 Å². The molecule has 0 aliphatic heterocycles. The zero-order chi connectivity index (χ0) is 11.4. The highest BCUT2D eigenvalue weighted by molar-refractivity contribution is 5.81. The molecule has 1 aromatic heterocycles. The molecule has 2 N–H and O–H groups in total. The van der Waals surface area contributed by atoms with Gasteiger partial charge >= 0.3 is 0 Å². The summed E-state index contributed by atoms with van der Waals surface area (Å²) in [4.78, 5) is 19.6. The van der Waals surface area contributed by atoms with E-state index in [0.717, 1.165) is 31.2 Å². The molecule has 0 atom stereocenters. The van der Waals surface area contributed by atoms with Gasteiger partial charge in [-0.05, 0) is 24.8 Å². The number of rotatable bonds is 3. The maximum Gasteiger partial charge on any atom is 0.223 e. The molecule has 1 fully saturated rings. The van der Waals surface area contributed by atoms with Crippen LogP contribution in [0.3, 0.4) is 0 Å². The third-order valence-corrected chi connectivity index (χ3v) is 3.49. The van der Waals surface area contributed by atoms with E-state index < -0.39 is 0 Å². The second-order valence-corrected chi connectivity index (χ2v) is 4.63. The Hall–Kier alpha value is -1.45. The lowest BCUT2D eigenvalue weighted by Gasteiger charge is -2.34. The van der Waals surface area contributed by atoms with Crippen LogP contribution in [0.4, 0.5) is 0 Å². The molecule has 1 aliphatic rings. The van der Waals surface area contributed by atoms with Crippen LogP contribution in [-0.4, -0.2) is 15.9 Å². The number of nitrogens with zero attached hydrogens (tertiary/aromatic N) is 2. The SMILES string of the molecule is NC(=O)C1(Cc2cncnc2)CCCCC1. The number of carbonyl (C=O) groups excluding carboxylic acids is 1. The van der Waals surface area contributed by atoms with Crippen LogP contribution in [-0.2, 0) is 11.2 Å². The predicted molar refractivity (Wildman–Crippen MR) is 60.4 cm³/mol. The van der Waals surface area contributed by atoms with Crippen LogP contribution in [0.25, 0.3) is 0 Å². The van der Waals surface area contributed by atoms with Crippen molar-refractivity contribution in [1.82, 2.24) is 9.97 Å². The summed E-state index contributed by atoms with van der Waals surface area (Å²) in [5, 5.41) is 0. The lowest BCUT2D eigenvalue weighted by atomic mass is 9.70. The highest BCUT2D eigenvalue weighted by Crippen LogP contribution is 2.38. The number of hydrogen-bond donors (Lipinski definition) is 1. The zero-order valence-electron chi connectivity index (χ0n) is 9.35. The first kappa shape index (κ1) is 11.0. The Labute approximate surface area is 95.3 Å². The van der Waals surface area contributed by atoms with Crippen molar-refractivity contribution in [2.45, 2.75) is 38.5 Å². The fraction of sp³-hybridized carbons (Fsp3) is 0.583. The number of aromatic nitrogens is 2. The quantitative estimate of drug-likeness (QED) is 0.836. The van der Waals surface area contributed by atoms with Crippen LogP contribution < -0.4 is 5.73 Å². The first-order valence-corrected chi connectivity index (χ1v) is 5.77. The van der Waals surface area contributed by atoms with E-state index in [4.69, 9.17) is 5.73 Å². The van der Waals surface area contributed by atoms with Gasteiger partial charge in [-0.15, -0.1) is 0 Å². The first-order valence-electron chi connectivity index (χ1n) is 5.77. The molecule has 0 spiro atoms. The molecule has 1 heterocycles. The molecular formula is C12H17N3O. The second kappa shape index (κ2) is 4.60. The molecule has 4 heteroatoms. The molecule has 2 rings (SSSR count). The summed E-state index contributed by atoms with van der Waals surface area (Å²) < 4.78 is 0. The highest BCUT2D eigenvalue weighted by Gasteiger charge is 2.37. The number of nitrogens with two attached hydrogens (primary N) is 1. The van der Waals surface area contributed by atoms with Gasteiger partial charge in [0.05, 0.1) is 5.41 Å². The lowest BCUT2D eigenvalue weighted by molar-refractivity contribution is -0.129. The molecule has 86 valence electrons. The van der Waals surface area contributed by atoms with Gasteiger partial charge in [-0.3, -0.25) is 4.79 Å². The molecule has 0 radical (unpaired) electrons.